The number of nitrogens with one attached hydrogen (secondary N) is 1. The summed E-state index contributed by atoms with van der Waals surface area (Å²) in [7, 11) is 0. The molecule has 31 heavy (non-hydrogen) atoms. The minimum absolute atomic E-state index is 0.341. The number of hydrogen-bond acceptors (Lipinski definition) is 5. The summed E-state index contributed by atoms with van der Waals surface area (Å²) in [4.78, 5) is 24.3. The van der Waals surface area contributed by atoms with Crippen LogP contribution in [0.15, 0.2) is 59.2 Å². The van der Waals surface area contributed by atoms with Crippen molar-refractivity contribution in [3.8, 4) is 0 Å². The van der Waals surface area contributed by atoms with E-state index in [0.717, 1.165) is 56.1 Å². The number of hydrogen-bond donors (Lipinski definition) is 2. The van der Waals surface area contributed by atoms with E-state index in [2.05, 4.69) is 44.0 Å². The van der Waals surface area contributed by atoms with Gasteiger partial charge in [0, 0.05) is 63.3 Å². The second kappa shape index (κ2) is 8.45. The van der Waals surface area contributed by atoms with Crippen molar-refractivity contribution in [1.29, 1.82) is 0 Å². The lowest BCUT2D eigenvalue weighted by Gasteiger charge is -2.37. The zero-order valence-corrected chi connectivity index (χ0v) is 17.6. The summed E-state index contributed by atoms with van der Waals surface area (Å²) in [5.74, 6) is 0.936. The van der Waals surface area contributed by atoms with Crippen LogP contribution >= 0.6 is 0 Å². The molecule has 8 heteroatoms. The average Bonchev–Trinajstić information content (AvgIpc) is 3.42. The Hall–Kier alpha value is -3.29. The largest absolute Gasteiger partial charge is 0.465 e. The number of imidazole rings is 1. The van der Waals surface area contributed by atoms with Crippen molar-refractivity contribution in [1.82, 2.24) is 24.7 Å². The molecule has 0 saturated heterocycles. The van der Waals surface area contributed by atoms with E-state index in [1.54, 1.807) is 6.20 Å². The van der Waals surface area contributed by atoms with E-state index in [4.69, 9.17) is 4.99 Å². The summed E-state index contributed by atoms with van der Waals surface area (Å²) < 4.78 is 2.08. The number of carboxylic acid groups (broad SMARTS) is 1. The number of amides is 1. The number of guanidine groups is 1. The average molecular weight is 421 g/mol. The lowest BCUT2D eigenvalue weighted by molar-refractivity contribution is 0.146. The molecule has 0 radical (unpaired) electrons. The van der Waals surface area contributed by atoms with E-state index < -0.39 is 6.09 Å². The maximum absolute atomic E-state index is 11.4. The highest BCUT2D eigenvalue weighted by Crippen LogP contribution is 2.26. The standard InChI is InChI=1S/C23H28N6O2/c30-23(31)29-10-6-21-19(15-29)14-28(9-3-8-27-11-7-24-16-27)22(26-21)25-20-12-17-4-1-2-5-18(17)13-20/h1-2,4-5,7,11,16,20H,3,6,8-10,12-15H2,(H,25,26)(H,30,31). The number of benzene rings is 1. The summed E-state index contributed by atoms with van der Waals surface area (Å²) in [6, 6.07) is 8.98. The molecule has 2 N–H and O–H groups in total. The van der Waals surface area contributed by atoms with Gasteiger partial charge in [-0.25, -0.2) is 14.8 Å². The second-order valence-corrected chi connectivity index (χ2v) is 8.53. The summed E-state index contributed by atoms with van der Waals surface area (Å²) in [5, 5.41) is 13.1. The normalized spacial score (nSPS) is 18.6. The van der Waals surface area contributed by atoms with Gasteiger partial charge in [-0.2, -0.15) is 0 Å². The van der Waals surface area contributed by atoms with Crippen LogP contribution in [-0.2, 0) is 19.4 Å². The van der Waals surface area contributed by atoms with Gasteiger partial charge in [0.25, 0.3) is 0 Å². The van der Waals surface area contributed by atoms with Gasteiger partial charge in [-0.1, -0.05) is 24.3 Å². The van der Waals surface area contributed by atoms with E-state index in [1.165, 1.54) is 16.0 Å². The Kier molecular flexibility index (Phi) is 5.36. The number of aromatic nitrogens is 2. The molecule has 0 saturated carbocycles. The molecular formula is C23H28N6O2. The third kappa shape index (κ3) is 4.28. The molecule has 1 aromatic heterocycles. The molecule has 3 aliphatic rings. The molecule has 2 aliphatic heterocycles. The zero-order chi connectivity index (χ0) is 21.2. The monoisotopic (exact) mass is 420 g/mol. The minimum Gasteiger partial charge on any atom is -0.465 e. The van der Waals surface area contributed by atoms with Crippen molar-refractivity contribution in [3.63, 3.8) is 0 Å². The fraction of sp³-hybridized carbons (Fsp3) is 0.435. The maximum Gasteiger partial charge on any atom is 0.407 e. The van der Waals surface area contributed by atoms with Crippen LogP contribution in [0.4, 0.5) is 4.79 Å². The van der Waals surface area contributed by atoms with E-state index in [-0.39, 0.29) is 0 Å². The summed E-state index contributed by atoms with van der Waals surface area (Å²) in [6.45, 7) is 3.45. The Balaban J connectivity index is 1.31. The highest BCUT2D eigenvalue weighted by molar-refractivity contribution is 5.83. The Morgan fingerprint density at radius 3 is 2.68 bits per heavy atom. The molecule has 0 spiro atoms. The molecule has 8 nitrogen and oxygen atoms in total. The first-order valence-corrected chi connectivity index (χ1v) is 11.0. The maximum atomic E-state index is 11.4. The predicted molar refractivity (Wildman–Crippen MR) is 118 cm³/mol. The van der Waals surface area contributed by atoms with Gasteiger partial charge >= 0.3 is 6.09 Å². The first-order valence-electron chi connectivity index (χ1n) is 11.0. The smallest absolute Gasteiger partial charge is 0.407 e. The fourth-order valence-electron chi connectivity index (χ4n) is 4.78. The van der Waals surface area contributed by atoms with Crippen molar-refractivity contribution in [2.45, 2.75) is 38.3 Å². The van der Waals surface area contributed by atoms with Crippen LogP contribution in [0.1, 0.15) is 24.0 Å². The molecule has 0 unspecified atom stereocenters. The number of aryl methyl sites for hydroxylation is 1. The molecule has 2 aromatic rings. The number of rotatable bonds is 5. The molecule has 0 bridgehead atoms. The number of carbonyl (C=O) groups is 1. The van der Waals surface area contributed by atoms with Crippen LogP contribution in [0.5, 0.6) is 0 Å². The van der Waals surface area contributed by atoms with Crippen molar-refractivity contribution in [2.75, 3.05) is 26.2 Å². The molecule has 0 atom stereocenters. The van der Waals surface area contributed by atoms with Crippen molar-refractivity contribution >= 4 is 12.1 Å². The first kappa shape index (κ1) is 19.7. The van der Waals surface area contributed by atoms with Gasteiger partial charge in [0.05, 0.1) is 6.33 Å². The van der Waals surface area contributed by atoms with Crippen LogP contribution in [0, 0.1) is 0 Å². The van der Waals surface area contributed by atoms with Gasteiger partial charge in [-0.05, 0) is 36.0 Å². The lowest BCUT2D eigenvalue weighted by Crippen LogP contribution is -2.51. The summed E-state index contributed by atoms with van der Waals surface area (Å²) in [5.41, 5.74) is 5.01. The van der Waals surface area contributed by atoms with E-state index in [0.29, 0.717) is 25.6 Å². The molecule has 162 valence electrons. The number of fused-ring (bicyclic) bond motifs is 1. The lowest BCUT2D eigenvalue weighted by atomic mass is 10.0. The van der Waals surface area contributed by atoms with Crippen molar-refractivity contribution < 1.29 is 9.90 Å². The predicted octanol–water partition coefficient (Wildman–Crippen LogP) is 2.34. The van der Waals surface area contributed by atoms with Gasteiger partial charge in [0.1, 0.15) is 0 Å². The molecule has 0 fully saturated rings. The Bertz CT molecular complexity index is 988. The highest BCUT2D eigenvalue weighted by atomic mass is 16.4. The van der Waals surface area contributed by atoms with Gasteiger partial charge in [-0.15, -0.1) is 0 Å². The van der Waals surface area contributed by atoms with Gasteiger partial charge in [-0.3, -0.25) is 0 Å². The topological polar surface area (TPSA) is 86.0 Å². The molecular weight excluding hydrogens is 392 g/mol. The molecule has 3 heterocycles. The van der Waals surface area contributed by atoms with Gasteiger partial charge in [0.2, 0.25) is 0 Å². The van der Waals surface area contributed by atoms with Crippen LogP contribution in [0.3, 0.4) is 0 Å². The van der Waals surface area contributed by atoms with Crippen LogP contribution < -0.4 is 5.32 Å². The minimum atomic E-state index is -0.852. The zero-order valence-electron chi connectivity index (χ0n) is 17.6. The van der Waals surface area contributed by atoms with Crippen LogP contribution in [0.25, 0.3) is 0 Å². The van der Waals surface area contributed by atoms with Crippen LogP contribution in [-0.4, -0.2) is 68.7 Å². The van der Waals surface area contributed by atoms with E-state index in [1.807, 2.05) is 12.5 Å². The summed E-state index contributed by atoms with van der Waals surface area (Å²) in [6.07, 6.45) is 8.43. The fourth-order valence-corrected chi connectivity index (χ4v) is 4.78. The SMILES string of the molecule is O=C(O)N1CCC2=C(C1)CN(CCCn1ccnc1)C(NC1Cc3ccccc3C1)=N2. The second-order valence-electron chi connectivity index (χ2n) is 8.53. The Morgan fingerprint density at radius 1 is 1.16 bits per heavy atom. The van der Waals surface area contributed by atoms with E-state index in [9.17, 15) is 9.90 Å². The molecule has 1 aromatic carbocycles. The highest BCUT2D eigenvalue weighted by Gasteiger charge is 2.30. The molecule has 1 amide bonds. The quantitative estimate of drug-likeness (QED) is 0.776. The van der Waals surface area contributed by atoms with Crippen LogP contribution in [0.2, 0.25) is 0 Å². The first-order chi connectivity index (χ1) is 15.2. The van der Waals surface area contributed by atoms with Crippen molar-refractivity contribution in [3.05, 3.63) is 65.4 Å². The van der Waals surface area contributed by atoms with Gasteiger partial charge < -0.3 is 24.8 Å². The third-order valence-electron chi connectivity index (χ3n) is 6.39. The van der Waals surface area contributed by atoms with E-state index >= 15 is 0 Å². The number of nitrogens with zero attached hydrogens (tertiary/aromatic N) is 5. The Morgan fingerprint density at radius 2 is 1.97 bits per heavy atom. The molecule has 1 aliphatic carbocycles. The Labute approximate surface area is 181 Å². The molecule has 5 rings (SSSR count). The van der Waals surface area contributed by atoms with Gasteiger partial charge in [0.15, 0.2) is 5.96 Å². The summed E-state index contributed by atoms with van der Waals surface area (Å²) >= 11 is 0. The number of aliphatic imine (C=N–C) groups is 1. The van der Waals surface area contributed by atoms with Crippen molar-refractivity contribution in [2.24, 2.45) is 4.99 Å². The third-order valence-corrected chi connectivity index (χ3v) is 6.39.